The molecule has 2 aromatic heterocycles. The molecule has 1 amide bonds. The van der Waals surface area contributed by atoms with Gasteiger partial charge in [-0.3, -0.25) is 9.78 Å². The van der Waals surface area contributed by atoms with Crippen LogP contribution in [0.1, 0.15) is 6.42 Å². The minimum atomic E-state index is 0.0559. The van der Waals surface area contributed by atoms with Gasteiger partial charge in [-0.25, -0.2) is 9.97 Å². The van der Waals surface area contributed by atoms with Gasteiger partial charge in [-0.2, -0.15) is 0 Å². The smallest absolute Gasteiger partial charge is 0.223 e. The molecule has 0 saturated carbocycles. The van der Waals surface area contributed by atoms with Gasteiger partial charge in [-0.05, 0) is 47.5 Å². The van der Waals surface area contributed by atoms with Gasteiger partial charge in [0.2, 0.25) is 5.91 Å². The third kappa shape index (κ3) is 4.67. The van der Waals surface area contributed by atoms with Gasteiger partial charge < -0.3 is 15.0 Å². The largest absolute Gasteiger partial charge is 0.497 e. The fourth-order valence-electron chi connectivity index (χ4n) is 3.38. The second-order valence-corrected chi connectivity index (χ2v) is 7.57. The highest BCUT2D eigenvalue weighted by Gasteiger charge is 2.12. The van der Waals surface area contributed by atoms with Crippen LogP contribution in [0.5, 0.6) is 5.75 Å². The molecule has 0 saturated heterocycles. The van der Waals surface area contributed by atoms with Crippen molar-refractivity contribution < 1.29 is 9.53 Å². The van der Waals surface area contributed by atoms with Gasteiger partial charge in [-0.1, -0.05) is 18.2 Å². The molecule has 7 nitrogen and oxygen atoms in total. The Bertz CT molecular complexity index is 1240. The number of ether oxygens (including phenoxy) is 1. The molecule has 0 aliphatic heterocycles. The van der Waals surface area contributed by atoms with E-state index in [2.05, 4.69) is 16.4 Å². The molecular weight excluding hydrogens is 402 g/mol. The van der Waals surface area contributed by atoms with Crippen molar-refractivity contribution in [3.05, 3.63) is 67.0 Å². The van der Waals surface area contributed by atoms with Crippen molar-refractivity contribution in [3.8, 4) is 28.3 Å². The molecule has 4 rings (SSSR count). The highest BCUT2D eigenvalue weighted by atomic mass is 16.5. The predicted molar refractivity (Wildman–Crippen MR) is 127 cm³/mol. The van der Waals surface area contributed by atoms with Crippen molar-refractivity contribution in [1.29, 1.82) is 0 Å². The average molecular weight is 428 g/mol. The molecular formula is C25H25N5O2. The zero-order valence-corrected chi connectivity index (χ0v) is 18.4. The molecule has 2 aromatic carbocycles. The average Bonchev–Trinajstić information content (AvgIpc) is 2.84. The topological polar surface area (TPSA) is 80.2 Å². The number of hydrogen-bond donors (Lipinski definition) is 1. The van der Waals surface area contributed by atoms with Gasteiger partial charge in [0.1, 0.15) is 11.6 Å². The molecule has 0 fully saturated rings. The first kappa shape index (κ1) is 21.2. The molecule has 0 aliphatic rings. The molecule has 0 aliphatic carbocycles. The number of anilines is 1. The van der Waals surface area contributed by atoms with E-state index >= 15 is 0 Å². The van der Waals surface area contributed by atoms with E-state index in [0.29, 0.717) is 24.6 Å². The zero-order valence-electron chi connectivity index (χ0n) is 18.4. The minimum Gasteiger partial charge on any atom is -0.497 e. The Morgan fingerprint density at radius 3 is 2.56 bits per heavy atom. The summed E-state index contributed by atoms with van der Waals surface area (Å²) in [6.07, 6.45) is 3.83. The lowest BCUT2D eigenvalue weighted by Crippen LogP contribution is -2.24. The third-order valence-corrected chi connectivity index (χ3v) is 5.15. The number of nitrogens with zero attached hydrogens (tertiary/aromatic N) is 4. The number of benzene rings is 2. The van der Waals surface area contributed by atoms with Crippen molar-refractivity contribution in [2.45, 2.75) is 6.42 Å². The van der Waals surface area contributed by atoms with E-state index in [4.69, 9.17) is 14.7 Å². The van der Waals surface area contributed by atoms with Crippen molar-refractivity contribution in [1.82, 2.24) is 19.9 Å². The normalized spacial score (nSPS) is 10.7. The number of amides is 1. The number of rotatable bonds is 7. The maximum absolute atomic E-state index is 12.0. The van der Waals surface area contributed by atoms with Crippen LogP contribution in [-0.4, -0.2) is 53.5 Å². The Morgan fingerprint density at radius 2 is 1.81 bits per heavy atom. The van der Waals surface area contributed by atoms with Crippen LogP contribution in [0.3, 0.4) is 0 Å². The molecule has 4 aromatic rings. The Morgan fingerprint density at radius 1 is 1.00 bits per heavy atom. The molecule has 0 atom stereocenters. The van der Waals surface area contributed by atoms with Crippen LogP contribution in [0.15, 0.2) is 67.0 Å². The van der Waals surface area contributed by atoms with Crippen molar-refractivity contribution in [2.75, 3.05) is 33.1 Å². The van der Waals surface area contributed by atoms with Gasteiger partial charge in [0.15, 0.2) is 5.82 Å². The summed E-state index contributed by atoms with van der Waals surface area (Å²) < 4.78 is 5.37. The number of methoxy groups -OCH3 is 1. The Balaban J connectivity index is 1.76. The number of aromatic nitrogens is 3. The molecule has 162 valence electrons. The summed E-state index contributed by atoms with van der Waals surface area (Å²) in [5.74, 6) is 2.12. The second-order valence-electron chi connectivity index (χ2n) is 7.57. The molecule has 1 N–H and O–H groups in total. The lowest BCUT2D eigenvalue weighted by atomic mass is 10.0. The van der Waals surface area contributed by atoms with Crippen LogP contribution in [-0.2, 0) is 4.79 Å². The monoisotopic (exact) mass is 427 g/mol. The fraction of sp³-hybridized carbons (Fsp3) is 0.200. The summed E-state index contributed by atoms with van der Waals surface area (Å²) in [4.78, 5) is 27.3. The molecule has 0 bridgehead atoms. The van der Waals surface area contributed by atoms with Crippen LogP contribution in [0.4, 0.5) is 5.82 Å². The number of carbonyl (C=O) groups excluding carboxylic acids is 1. The summed E-state index contributed by atoms with van der Waals surface area (Å²) >= 11 is 0. The number of carbonyl (C=O) groups is 1. The molecule has 0 unspecified atom stereocenters. The zero-order chi connectivity index (χ0) is 22.5. The molecule has 0 spiro atoms. The second kappa shape index (κ2) is 9.43. The molecule has 32 heavy (non-hydrogen) atoms. The highest BCUT2D eigenvalue weighted by molar-refractivity contribution is 5.94. The highest BCUT2D eigenvalue weighted by Crippen LogP contribution is 2.31. The molecule has 2 heterocycles. The van der Waals surface area contributed by atoms with Crippen molar-refractivity contribution >= 4 is 22.6 Å². The number of hydrogen-bond acceptors (Lipinski definition) is 6. The standard InChI is InChI=1S/C25H25N5O2/c1-30(2)23(31)11-13-27-25-21-15-18(17-6-4-8-20(14-17)32-3)9-10-22(21)28-24(29-25)19-7-5-12-26-16-19/h4-10,12,14-16H,11,13H2,1-3H3,(H,27,28,29). The fourth-order valence-corrected chi connectivity index (χ4v) is 3.38. The summed E-state index contributed by atoms with van der Waals surface area (Å²) in [5.41, 5.74) is 3.71. The first-order valence-corrected chi connectivity index (χ1v) is 10.4. The van der Waals surface area contributed by atoms with E-state index in [-0.39, 0.29) is 5.91 Å². The number of nitrogens with one attached hydrogen (secondary N) is 1. The van der Waals surface area contributed by atoms with E-state index in [1.165, 1.54) is 0 Å². The van der Waals surface area contributed by atoms with Crippen LogP contribution in [0.2, 0.25) is 0 Å². The van der Waals surface area contributed by atoms with Crippen LogP contribution in [0.25, 0.3) is 33.4 Å². The van der Waals surface area contributed by atoms with E-state index < -0.39 is 0 Å². The number of fused-ring (bicyclic) bond motifs is 1. The SMILES string of the molecule is COc1cccc(-c2ccc3nc(-c4cccnc4)nc(NCCC(=O)N(C)C)c3c2)c1. The lowest BCUT2D eigenvalue weighted by molar-refractivity contribution is -0.128. The van der Waals surface area contributed by atoms with Gasteiger partial charge >= 0.3 is 0 Å². The van der Waals surface area contributed by atoms with E-state index in [1.54, 1.807) is 38.5 Å². The first-order valence-electron chi connectivity index (χ1n) is 10.4. The summed E-state index contributed by atoms with van der Waals surface area (Å²) in [6, 6.07) is 17.8. The van der Waals surface area contributed by atoms with Gasteiger partial charge in [0, 0.05) is 50.4 Å². The van der Waals surface area contributed by atoms with Gasteiger partial charge in [0.05, 0.1) is 12.6 Å². The summed E-state index contributed by atoms with van der Waals surface area (Å²) in [7, 11) is 5.16. The Hall–Kier alpha value is -4.00. The maximum atomic E-state index is 12.0. The first-order chi connectivity index (χ1) is 15.5. The van der Waals surface area contributed by atoms with Crippen molar-refractivity contribution in [3.63, 3.8) is 0 Å². The van der Waals surface area contributed by atoms with Crippen LogP contribution < -0.4 is 10.1 Å². The Labute approximate surface area is 187 Å². The predicted octanol–water partition coefficient (Wildman–Crippen LogP) is 4.26. The molecule has 0 radical (unpaired) electrons. The lowest BCUT2D eigenvalue weighted by Gasteiger charge is -2.14. The van der Waals surface area contributed by atoms with Crippen LogP contribution >= 0.6 is 0 Å². The summed E-state index contributed by atoms with van der Waals surface area (Å²) in [6.45, 7) is 0.471. The van der Waals surface area contributed by atoms with E-state index in [9.17, 15) is 4.79 Å². The Kier molecular flexibility index (Phi) is 6.26. The third-order valence-electron chi connectivity index (χ3n) is 5.15. The van der Waals surface area contributed by atoms with Crippen molar-refractivity contribution in [2.24, 2.45) is 0 Å². The maximum Gasteiger partial charge on any atom is 0.223 e. The van der Waals surface area contributed by atoms with Gasteiger partial charge in [0.25, 0.3) is 0 Å². The van der Waals surface area contributed by atoms with Gasteiger partial charge in [-0.15, -0.1) is 0 Å². The quantitative estimate of drug-likeness (QED) is 0.475. The molecule has 7 heteroatoms. The van der Waals surface area contributed by atoms with E-state index in [1.807, 2.05) is 48.5 Å². The minimum absolute atomic E-state index is 0.0559. The van der Waals surface area contributed by atoms with E-state index in [0.717, 1.165) is 33.3 Å². The number of pyridine rings is 1. The summed E-state index contributed by atoms with van der Waals surface area (Å²) in [5, 5.41) is 4.23. The van der Waals surface area contributed by atoms with Crippen LogP contribution in [0, 0.1) is 0 Å².